The molecule has 1 fully saturated rings. The van der Waals surface area contributed by atoms with Crippen molar-refractivity contribution in [3.63, 3.8) is 0 Å². The normalized spacial score (nSPS) is 15.9. The van der Waals surface area contributed by atoms with Crippen LogP contribution < -0.4 is 10.6 Å². The molecule has 1 aromatic rings. The first-order chi connectivity index (χ1) is 7.74. The van der Waals surface area contributed by atoms with Crippen molar-refractivity contribution in [1.82, 2.24) is 4.90 Å². The summed E-state index contributed by atoms with van der Waals surface area (Å²) in [6.45, 7) is 2.27. The van der Waals surface area contributed by atoms with E-state index < -0.39 is 0 Å². The molecule has 1 aliphatic rings. The van der Waals surface area contributed by atoms with Crippen molar-refractivity contribution in [2.75, 3.05) is 31.1 Å². The number of benzene rings is 1. The minimum atomic E-state index is -0.0908. The van der Waals surface area contributed by atoms with Gasteiger partial charge in [0.25, 0.3) is 0 Å². The van der Waals surface area contributed by atoms with Gasteiger partial charge < -0.3 is 15.7 Å². The predicted octanol–water partition coefficient (Wildman–Crippen LogP) is 0.593. The Morgan fingerprint density at radius 2 is 2.06 bits per heavy atom. The zero-order chi connectivity index (χ0) is 11.5. The van der Waals surface area contributed by atoms with Crippen molar-refractivity contribution in [1.29, 1.82) is 0 Å². The van der Waals surface area contributed by atoms with E-state index in [1.807, 2.05) is 0 Å². The van der Waals surface area contributed by atoms with Crippen molar-refractivity contribution in [3.8, 4) is 5.75 Å². The third-order valence-electron chi connectivity index (χ3n) is 2.67. The number of anilines is 1. The molecule has 1 saturated heterocycles. The minimum absolute atomic E-state index is 0.0908. The van der Waals surface area contributed by atoms with Gasteiger partial charge in [-0.25, -0.2) is 4.79 Å². The van der Waals surface area contributed by atoms with Gasteiger partial charge in [-0.15, -0.1) is 0 Å². The minimum Gasteiger partial charge on any atom is -0.506 e. The Morgan fingerprint density at radius 1 is 1.31 bits per heavy atom. The molecule has 1 aromatic carbocycles. The van der Waals surface area contributed by atoms with Crippen LogP contribution in [0.25, 0.3) is 0 Å². The largest absolute Gasteiger partial charge is 0.506 e. The first kappa shape index (κ1) is 10.8. The van der Waals surface area contributed by atoms with Crippen molar-refractivity contribution in [3.05, 3.63) is 24.3 Å². The second-order valence-corrected chi connectivity index (χ2v) is 3.70. The maximum absolute atomic E-state index is 11.9. The molecule has 5 heteroatoms. The maximum atomic E-state index is 11.9. The van der Waals surface area contributed by atoms with Gasteiger partial charge in [0, 0.05) is 26.2 Å². The number of hydrogen-bond donors (Lipinski definition) is 2. The van der Waals surface area contributed by atoms with Gasteiger partial charge in [0.05, 0.1) is 5.69 Å². The summed E-state index contributed by atoms with van der Waals surface area (Å²) < 4.78 is 0. The molecule has 1 aliphatic heterocycles. The molecule has 0 aromatic heterocycles. The van der Waals surface area contributed by atoms with Crippen LogP contribution in [0.5, 0.6) is 5.75 Å². The second kappa shape index (κ2) is 4.40. The lowest BCUT2D eigenvalue weighted by atomic mass is 10.3. The number of hydrogen-bond acceptors (Lipinski definition) is 3. The Balaban J connectivity index is 2.19. The quantitative estimate of drug-likeness (QED) is 0.785. The van der Waals surface area contributed by atoms with Gasteiger partial charge in [-0.05, 0) is 12.1 Å². The lowest BCUT2D eigenvalue weighted by Crippen LogP contribution is -2.34. The number of rotatable bonds is 3. The number of urea groups is 1. The molecule has 0 unspecified atom stereocenters. The Labute approximate surface area is 94.1 Å². The molecule has 0 bridgehead atoms. The van der Waals surface area contributed by atoms with Crippen molar-refractivity contribution in [2.24, 2.45) is 5.73 Å². The predicted molar refractivity (Wildman–Crippen MR) is 61.5 cm³/mol. The van der Waals surface area contributed by atoms with E-state index in [1.54, 1.807) is 34.1 Å². The Bertz CT molecular complexity index is 395. The summed E-state index contributed by atoms with van der Waals surface area (Å²) in [4.78, 5) is 15.2. The molecule has 0 spiro atoms. The summed E-state index contributed by atoms with van der Waals surface area (Å²) in [6, 6.07) is 6.75. The summed E-state index contributed by atoms with van der Waals surface area (Å²) in [7, 11) is 0. The number of phenols is 1. The van der Waals surface area contributed by atoms with Crippen LogP contribution in [0, 0.1) is 0 Å². The van der Waals surface area contributed by atoms with Gasteiger partial charge in [-0.3, -0.25) is 4.90 Å². The SMILES string of the molecule is NCCN1CCN(c2ccccc2O)C1=O. The van der Waals surface area contributed by atoms with Crippen LogP contribution in [-0.4, -0.2) is 42.2 Å². The third kappa shape index (κ3) is 1.81. The zero-order valence-electron chi connectivity index (χ0n) is 8.97. The first-order valence-corrected chi connectivity index (χ1v) is 5.28. The molecule has 2 amide bonds. The van der Waals surface area contributed by atoms with Crippen LogP contribution in [0.4, 0.5) is 10.5 Å². The fourth-order valence-electron chi connectivity index (χ4n) is 1.86. The summed E-state index contributed by atoms with van der Waals surface area (Å²) in [6.07, 6.45) is 0. The highest BCUT2D eigenvalue weighted by molar-refractivity contribution is 5.95. The van der Waals surface area contributed by atoms with Gasteiger partial charge in [-0.2, -0.15) is 0 Å². The second-order valence-electron chi connectivity index (χ2n) is 3.70. The number of nitrogens with zero attached hydrogens (tertiary/aromatic N) is 2. The highest BCUT2D eigenvalue weighted by Gasteiger charge is 2.29. The van der Waals surface area contributed by atoms with Crippen LogP contribution in [0.3, 0.4) is 0 Å². The number of para-hydroxylation sites is 2. The Hall–Kier alpha value is -1.75. The van der Waals surface area contributed by atoms with Crippen LogP contribution in [0.1, 0.15) is 0 Å². The third-order valence-corrected chi connectivity index (χ3v) is 2.67. The Kier molecular flexibility index (Phi) is 2.96. The Morgan fingerprint density at radius 3 is 2.75 bits per heavy atom. The van der Waals surface area contributed by atoms with Crippen LogP contribution in [0.2, 0.25) is 0 Å². The maximum Gasteiger partial charge on any atom is 0.324 e. The molecule has 3 N–H and O–H groups in total. The highest BCUT2D eigenvalue weighted by atomic mass is 16.3. The average Bonchev–Trinajstić information content (AvgIpc) is 2.62. The smallest absolute Gasteiger partial charge is 0.324 e. The van der Waals surface area contributed by atoms with E-state index >= 15 is 0 Å². The highest BCUT2D eigenvalue weighted by Crippen LogP contribution is 2.29. The standard InChI is InChI=1S/C11H15N3O2/c12-5-6-13-7-8-14(11(13)16)9-3-1-2-4-10(9)15/h1-4,15H,5-8,12H2. The van der Waals surface area contributed by atoms with E-state index in [4.69, 9.17) is 5.73 Å². The molecular weight excluding hydrogens is 206 g/mol. The van der Waals surface area contributed by atoms with Crippen LogP contribution in [0.15, 0.2) is 24.3 Å². The molecule has 2 rings (SSSR count). The van der Waals surface area contributed by atoms with Gasteiger partial charge >= 0.3 is 6.03 Å². The fraction of sp³-hybridized carbons (Fsp3) is 0.364. The van der Waals surface area contributed by atoms with Gasteiger partial charge in [-0.1, -0.05) is 12.1 Å². The van der Waals surface area contributed by atoms with Crippen LogP contribution in [-0.2, 0) is 0 Å². The fourth-order valence-corrected chi connectivity index (χ4v) is 1.86. The lowest BCUT2D eigenvalue weighted by molar-refractivity contribution is 0.222. The first-order valence-electron chi connectivity index (χ1n) is 5.28. The molecule has 86 valence electrons. The topological polar surface area (TPSA) is 69.8 Å². The molecule has 0 radical (unpaired) electrons. The number of phenolic OH excluding ortho intramolecular Hbond substituents is 1. The lowest BCUT2D eigenvalue weighted by Gasteiger charge is -2.18. The van der Waals surface area contributed by atoms with Crippen LogP contribution >= 0.6 is 0 Å². The molecule has 1 heterocycles. The van der Waals surface area contributed by atoms with Gasteiger partial charge in [0.15, 0.2) is 0 Å². The number of amides is 2. The van der Waals surface area contributed by atoms with E-state index in [0.29, 0.717) is 31.9 Å². The summed E-state index contributed by atoms with van der Waals surface area (Å²) in [5.41, 5.74) is 5.98. The summed E-state index contributed by atoms with van der Waals surface area (Å²) in [5.74, 6) is 0.130. The summed E-state index contributed by atoms with van der Waals surface area (Å²) >= 11 is 0. The summed E-state index contributed by atoms with van der Waals surface area (Å²) in [5, 5.41) is 9.67. The van der Waals surface area contributed by atoms with E-state index in [2.05, 4.69) is 0 Å². The monoisotopic (exact) mass is 221 g/mol. The van der Waals surface area contributed by atoms with Gasteiger partial charge in [0.1, 0.15) is 5.75 Å². The molecular formula is C11H15N3O2. The average molecular weight is 221 g/mol. The molecule has 0 saturated carbocycles. The van der Waals surface area contributed by atoms with E-state index in [9.17, 15) is 9.90 Å². The van der Waals surface area contributed by atoms with Gasteiger partial charge in [0.2, 0.25) is 0 Å². The zero-order valence-corrected chi connectivity index (χ0v) is 8.97. The molecule has 0 atom stereocenters. The number of aromatic hydroxyl groups is 1. The number of carbonyl (C=O) groups is 1. The number of nitrogens with two attached hydrogens (primary N) is 1. The van der Waals surface area contributed by atoms with E-state index in [-0.39, 0.29) is 11.8 Å². The van der Waals surface area contributed by atoms with Crippen molar-refractivity contribution < 1.29 is 9.90 Å². The van der Waals surface area contributed by atoms with E-state index in [1.165, 1.54) is 0 Å². The van der Waals surface area contributed by atoms with Crippen molar-refractivity contribution in [2.45, 2.75) is 0 Å². The number of carbonyl (C=O) groups excluding carboxylic acids is 1. The van der Waals surface area contributed by atoms with Crippen molar-refractivity contribution >= 4 is 11.7 Å². The molecule has 16 heavy (non-hydrogen) atoms. The van der Waals surface area contributed by atoms with E-state index in [0.717, 1.165) is 0 Å². The molecule has 0 aliphatic carbocycles. The molecule has 5 nitrogen and oxygen atoms in total.